The van der Waals surface area contributed by atoms with Gasteiger partial charge in [-0.05, 0) is 207 Å². The zero-order chi connectivity index (χ0) is 68.8. The molecule has 0 aliphatic carbocycles. The van der Waals surface area contributed by atoms with Crippen LogP contribution < -0.4 is 11.4 Å². The number of benzene rings is 2. The third-order valence-electron chi connectivity index (χ3n) is 22.2. The van der Waals surface area contributed by atoms with E-state index in [4.69, 9.17) is 33.7 Å². The van der Waals surface area contributed by atoms with E-state index in [0.29, 0.717) is 12.2 Å². The molecule has 2 aromatic carbocycles. The maximum absolute atomic E-state index is 14.8. The molecular formula is C79H115N7O5Si3. The Morgan fingerprint density at radius 2 is 0.968 bits per heavy atom. The number of nitrogens with zero attached hydrogens (tertiary/aromatic N) is 4. The summed E-state index contributed by atoms with van der Waals surface area (Å²) in [5, 5.41) is -0.315. The molecule has 508 valence electrons. The van der Waals surface area contributed by atoms with Gasteiger partial charge in [-0.3, -0.25) is 4.57 Å². The van der Waals surface area contributed by atoms with Crippen molar-refractivity contribution in [1.82, 2.24) is 29.5 Å². The third kappa shape index (κ3) is 14.6. The van der Waals surface area contributed by atoms with E-state index in [-0.39, 0.29) is 20.9 Å². The molecule has 8 bridgehead atoms. The number of nitrogens with two attached hydrogens (primary N) is 1. The molecule has 0 saturated carbocycles. The summed E-state index contributed by atoms with van der Waals surface area (Å²) in [5.74, 6) is 0.140. The fraction of sp³-hybridized carbons (Fsp3) is 0.544. The highest BCUT2D eigenvalue weighted by Gasteiger charge is 2.55. The number of nitrogens with one attached hydrogen (secondary N) is 2. The number of hydrogen-bond acceptors (Lipinski definition) is 9. The van der Waals surface area contributed by atoms with Crippen LogP contribution in [0.3, 0.4) is 0 Å². The highest BCUT2D eigenvalue weighted by Crippen LogP contribution is 2.49. The van der Waals surface area contributed by atoms with E-state index in [1.54, 1.807) is 4.57 Å². The van der Waals surface area contributed by atoms with Gasteiger partial charge in [0.25, 0.3) is 0 Å². The zero-order valence-corrected chi connectivity index (χ0v) is 64.8. The highest BCUT2D eigenvalue weighted by atomic mass is 28.4. The van der Waals surface area contributed by atoms with E-state index in [2.05, 4.69) is 239 Å². The Hall–Kier alpha value is -5.79. The van der Waals surface area contributed by atoms with Crippen molar-refractivity contribution in [2.24, 2.45) is 0 Å². The van der Waals surface area contributed by atoms with Gasteiger partial charge in [0.15, 0.2) is 31.2 Å². The Balaban J connectivity index is 1.31. The van der Waals surface area contributed by atoms with Gasteiger partial charge in [0.2, 0.25) is 0 Å². The van der Waals surface area contributed by atoms with Gasteiger partial charge in [-0.2, -0.15) is 4.98 Å². The van der Waals surface area contributed by atoms with Crippen LogP contribution in [0.2, 0.25) is 54.4 Å². The lowest BCUT2D eigenvalue weighted by atomic mass is 9.93. The number of hydrogen-bond donors (Lipinski definition) is 3. The van der Waals surface area contributed by atoms with Crippen LogP contribution in [-0.4, -0.2) is 79.4 Å². The smallest absolute Gasteiger partial charge is 0.351 e. The van der Waals surface area contributed by atoms with Gasteiger partial charge < -0.3 is 33.7 Å². The molecule has 4 atom stereocenters. The average molecular weight is 1330 g/mol. The monoisotopic (exact) mass is 1330 g/mol. The molecule has 3 aliphatic rings. The first-order chi connectivity index (χ1) is 44.1. The van der Waals surface area contributed by atoms with Crippen LogP contribution in [-0.2, 0) is 30.9 Å². The van der Waals surface area contributed by atoms with Crippen LogP contribution in [0.4, 0.5) is 5.82 Å². The number of ether oxygens (including phenoxy) is 1. The lowest BCUT2D eigenvalue weighted by Crippen LogP contribution is -2.54. The van der Waals surface area contributed by atoms with E-state index in [9.17, 15) is 4.79 Å². The standard InChI is InChI=1S/C79H115N7O5Si3/c1-24-28-37-56-49(5)68-66(54-35-33-32-34-36-54)69-50(6)57(38-29-25-2)62(82-69)46-64-59(40-31-27-4)52(8)71(84-64)67(70-51(7)58(39-30-26-3)63(83-70)45-61(56)81-68)55-43-41-53(42-44-55)60-47-86(76(87)85-74(60)80)75-73(91-94(22,23)79(15,16)17)72(90-93(20,21)78(12,13)14)65(89-75)48-88-92(18,19)77(9,10)11/h32-36,41-47,65,72-73,75,81,84H,24-31,37-40,48H2,1-23H3,(H2,80,85,87)/t65-,72-,73-,75-/m1/s1. The van der Waals surface area contributed by atoms with E-state index >= 15 is 0 Å². The van der Waals surface area contributed by atoms with Crippen molar-refractivity contribution >= 4 is 75.1 Å². The Morgan fingerprint density at radius 3 is 1.40 bits per heavy atom. The first kappa shape index (κ1) is 72.5. The second kappa shape index (κ2) is 28.3. The number of aryl methyl sites for hydroxylation is 4. The Bertz CT molecular complexity index is 4040. The molecule has 4 N–H and O–H groups in total. The molecule has 15 heteroatoms. The minimum atomic E-state index is -2.56. The van der Waals surface area contributed by atoms with Crippen LogP contribution in [0.1, 0.15) is 219 Å². The molecule has 7 heterocycles. The number of nitrogen functional groups attached to an aromatic ring is 1. The van der Waals surface area contributed by atoms with E-state index in [0.717, 1.165) is 150 Å². The molecule has 12 nitrogen and oxygen atoms in total. The average Bonchev–Trinajstić information content (AvgIpc) is 1.58. The number of aromatic nitrogens is 6. The van der Waals surface area contributed by atoms with E-state index < -0.39 is 55.2 Å². The second-order valence-corrected chi connectivity index (χ2v) is 46.2. The molecular weight excluding hydrogens is 1210 g/mol. The number of unbranched alkanes of at least 4 members (excludes halogenated alkanes) is 4. The first-order valence-corrected chi connectivity index (χ1v) is 44.2. The fourth-order valence-corrected chi connectivity index (χ4v) is 16.6. The third-order valence-corrected chi connectivity index (χ3v) is 35.6. The summed E-state index contributed by atoms with van der Waals surface area (Å²) in [5.41, 5.74) is 30.7. The SMILES string of the molecule is CCCCC1=C(C)c2nc1cc1[nH]c(c(C)c1CCCC)c(-c1ccccc1)c1nc(cc3[nH]c(c(C)c3CCCC)c2-c2ccc(-c3cn([C@@H]4O[C@H](CO[Si](C)(C)C(C)(C)C)[C@@H](O[Si](C)(C)C(C)(C)C)[C@H]4O[Si](C)(C)C(C)(C)C)c(=O)nc3N)cc2)C(CCCC)=C1C. The number of rotatable bonds is 23. The first-order valence-electron chi connectivity index (χ1n) is 35.5. The number of H-pyrrole nitrogens is 2. The molecule has 0 unspecified atom stereocenters. The topological polar surface area (TPSA) is 155 Å². The van der Waals surface area contributed by atoms with Crippen molar-refractivity contribution in [3.05, 3.63) is 128 Å². The van der Waals surface area contributed by atoms with Crippen LogP contribution >= 0.6 is 0 Å². The van der Waals surface area contributed by atoms with Crippen molar-refractivity contribution in [2.45, 2.75) is 274 Å². The summed E-state index contributed by atoms with van der Waals surface area (Å²) < 4.78 is 30.9. The van der Waals surface area contributed by atoms with Crippen molar-refractivity contribution in [3.63, 3.8) is 0 Å². The number of fused-ring (bicyclic) bond motifs is 8. The Labute approximate surface area is 567 Å². The highest BCUT2D eigenvalue weighted by molar-refractivity contribution is 6.75. The van der Waals surface area contributed by atoms with Gasteiger partial charge in [0.1, 0.15) is 24.1 Å². The van der Waals surface area contributed by atoms with Gasteiger partial charge in [0, 0.05) is 33.9 Å². The van der Waals surface area contributed by atoms with Gasteiger partial charge in [-0.25, -0.2) is 14.8 Å². The van der Waals surface area contributed by atoms with Crippen LogP contribution in [0, 0.1) is 13.8 Å². The lowest BCUT2D eigenvalue weighted by molar-refractivity contribution is -0.0508. The summed E-state index contributed by atoms with van der Waals surface area (Å²) in [6, 6.07) is 24.3. The summed E-state index contributed by atoms with van der Waals surface area (Å²) in [4.78, 5) is 39.3. The molecule has 9 rings (SSSR count). The fourth-order valence-electron chi connectivity index (χ4n) is 12.9. The molecule has 6 aromatic rings. The Kier molecular flexibility index (Phi) is 21.9. The number of allylic oxidation sites excluding steroid dienone is 4. The Morgan fingerprint density at radius 1 is 0.553 bits per heavy atom. The van der Waals surface area contributed by atoms with Crippen molar-refractivity contribution in [3.8, 4) is 33.4 Å². The summed E-state index contributed by atoms with van der Waals surface area (Å²) in [6.07, 6.45) is 11.4. The lowest BCUT2D eigenvalue weighted by Gasteiger charge is -2.44. The maximum atomic E-state index is 14.8. The number of aromatic amines is 2. The summed E-state index contributed by atoms with van der Waals surface area (Å²) in [7, 11) is -7.31. The van der Waals surface area contributed by atoms with E-state index in [1.807, 2.05) is 6.20 Å². The van der Waals surface area contributed by atoms with Crippen LogP contribution in [0.15, 0.2) is 77.7 Å². The van der Waals surface area contributed by atoms with Crippen LogP contribution in [0.25, 0.3) is 77.7 Å². The molecule has 0 spiro atoms. The zero-order valence-electron chi connectivity index (χ0n) is 61.8. The predicted molar refractivity (Wildman–Crippen MR) is 406 cm³/mol. The van der Waals surface area contributed by atoms with E-state index in [1.165, 1.54) is 44.5 Å². The van der Waals surface area contributed by atoms with Gasteiger partial charge in [-0.15, -0.1) is 0 Å². The maximum Gasteiger partial charge on any atom is 0.351 e. The molecule has 4 aromatic heterocycles. The largest absolute Gasteiger partial charge is 0.414 e. The van der Waals surface area contributed by atoms with Crippen molar-refractivity contribution in [1.29, 1.82) is 0 Å². The molecule has 1 fully saturated rings. The predicted octanol–water partition coefficient (Wildman–Crippen LogP) is 21.7. The van der Waals surface area contributed by atoms with Crippen molar-refractivity contribution in [2.75, 3.05) is 12.3 Å². The molecule has 0 amide bonds. The molecule has 94 heavy (non-hydrogen) atoms. The quantitative estimate of drug-likeness (QED) is 0.0532. The minimum absolute atomic E-state index is 0.0389. The molecule has 1 saturated heterocycles. The molecule has 3 aliphatic heterocycles. The summed E-state index contributed by atoms with van der Waals surface area (Å²) >= 11 is 0. The summed E-state index contributed by atoms with van der Waals surface area (Å²) in [6.45, 7) is 52.5. The van der Waals surface area contributed by atoms with Gasteiger partial charge >= 0.3 is 5.69 Å². The van der Waals surface area contributed by atoms with Gasteiger partial charge in [0.05, 0.1) is 40.4 Å². The minimum Gasteiger partial charge on any atom is -0.414 e. The molecule has 0 radical (unpaired) electrons. The second-order valence-electron chi connectivity index (χ2n) is 31.9. The van der Waals surface area contributed by atoms with Crippen molar-refractivity contribution < 1.29 is 18.0 Å². The normalized spacial score (nSPS) is 17.7. The van der Waals surface area contributed by atoms with Crippen LogP contribution in [0.5, 0.6) is 0 Å². The van der Waals surface area contributed by atoms with Gasteiger partial charge in [-0.1, -0.05) is 170 Å². The number of anilines is 1.